The summed E-state index contributed by atoms with van der Waals surface area (Å²) in [6, 6.07) is 9.06. The highest BCUT2D eigenvalue weighted by molar-refractivity contribution is 5.25. The molecule has 1 fully saturated rings. The van der Waals surface area contributed by atoms with Crippen LogP contribution in [0, 0.1) is 0 Å². The summed E-state index contributed by atoms with van der Waals surface area (Å²) in [4.78, 5) is 0. The summed E-state index contributed by atoms with van der Waals surface area (Å²) in [6.07, 6.45) is -0.146. The van der Waals surface area contributed by atoms with E-state index >= 15 is 0 Å². The van der Waals surface area contributed by atoms with Crippen molar-refractivity contribution in [3.8, 4) is 0 Å². The topological polar surface area (TPSA) is 60.7 Å². The molecule has 3 N–H and O–H groups in total. The van der Waals surface area contributed by atoms with Gasteiger partial charge in [-0.3, -0.25) is 0 Å². The number of hydrogen-bond acceptors (Lipinski definition) is 3. The van der Waals surface area contributed by atoms with Crippen LogP contribution >= 0.6 is 0 Å². The zero-order chi connectivity index (χ0) is 10.9. The van der Waals surface area contributed by atoms with E-state index in [4.69, 9.17) is 0 Å². The lowest BCUT2D eigenvalue weighted by Crippen LogP contribution is -2.49. The summed E-state index contributed by atoms with van der Waals surface area (Å²) in [6.45, 7) is 0. The molecule has 15 heavy (non-hydrogen) atoms. The van der Waals surface area contributed by atoms with Crippen LogP contribution in [-0.4, -0.2) is 27.5 Å². The molecule has 1 aromatic carbocycles. The Morgan fingerprint density at radius 1 is 1.13 bits per heavy atom. The van der Waals surface area contributed by atoms with Gasteiger partial charge in [0.15, 0.2) is 0 Å². The van der Waals surface area contributed by atoms with E-state index < -0.39 is 17.8 Å². The van der Waals surface area contributed by atoms with E-state index in [1.54, 1.807) is 12.1 Å². The maximum atomic E-state index is 10.4. The van der Waals surface area contributed by atoms with Gasteiger partial charge < -0.3 is 15.3 Å². The average Bonchev–Trinajstić information content (AvgIpc) is 2.27. The van der Waals surface area contributed by atoms with Crippen molar-refractivity contribution < 1.29 is 15.3 Å². The van der Waals surface area contributed by atoms with Gasteiger partial charge in [0.1, 0.15) is 11.7 Å². The fourth-order valence-corrected chi connectivity index (χ4v) is 2.25. The summed E-state index contributed by atoms with van der Waals surface area (Å²) in [5.74, 6) is 0. The molecule has 2 rings (SSSR count). The Morgan fingerprint density at radius 2 is 1.80 bits per heavy atom. The zero-order valence-electron chi connectivity index (χ0n) is 8.50. The third-order valence-electron chi connectivity index (χ3n) is 3.19. The van der Waals surface area contributed by atoms with Crippen molar-refractivity contribution in [1.29, 1.82) is 0 Å². The Labute approximate surface area is 89.0 Å². The van der Waals surface area contributed by atoms with E-state index in [0.717, 1.165) is 6.42 Å². The lowest BCUT2D eigenvalue weighted by Gasteiger charge is -2.40. The molecule has 1 saturated carbocycles. The third kappa shape index (κ3) is 1.78. The third-order valence-corrected chi connectivity index (χ3v) is 3.19. The largest absolute Gasteiger partial charge is 0.390 e. The first-order valence-corrected chi connectivity index (χ1v) is 5.28. The van der Waals surface area contributed by atoms with Crippen LogP contribution in [0.25, 0.3) is 0 Å². The second-order valence-electron chi connectivity index (χ2n) is 4.19. The minimum atomic E-state index is -1.29. The van der Waals surface area contributed by atoms with E-state index in [1.165, 1.54) is 0 Å². The number of rotatable bonds is 1. The molecule has 0 radical (unpaired) electrons. The minimum Gasteiger partial charge on any atom is -0.390 e. The summed E-state index contributed by atoms with van der Waals surface area (Å²) < 4.78 is 0. The fourth-order valence-electron chi connectivity index (χ4n) is 2.25. The van der Waals surface area contributed by atoms with E-state index in [1.807, 2.05) is 18.2 Å². The lowest BCUT2D eigenvalue weighted by molar-refractivity contribution is -0.156. The molecule has 3 atom stereocenters. The van der Waals surface area contributed by atoms with Gasteiger partial charge in [-0.1, -0.05) is 30.3 Å². The Hall–Kier alpha value is -0.900. The van der Waals surface area contributed by atoms with E-state index in [-0.39, 0.29) is 0 Å². The van der Waals surface area contributed by atoms with Crippen LogP contribution in [0.5, 0.6) is 0 Å². The molecule has 0 spiro atoms. The van der Waals surface area contributed by atoms with Gasteiger partial charge in [0.25, 0.3) is 0 Å². The van der Waals surface area contributed by atoms with Crippen molar-refractivity contribution in [2.75, 3.05) is 0 Å². The van der Waals surface area contributed by atoms with Gasteiger partial charge in [0.2, 0.25) is 0 Å². The summed E-state index contributed by atoms with van der Waals surface area (Å²) >= 11 is 0. The molecular weight excluding hydrogens is 192 g/mol. The summed E-state index contributed by atoms with van der Waals surface area (Å²) in [5, 5.41) is 29.8. The molecular formula is C12H16O3. The molecule has 0 bridgehead atoms. The Balaban J connectivity index is 2.32. The van der Waals surface area contributed by atoms with Crippen molar-refractivity contribution in [3.05, 3.63) is 35.9 Å². The van der Waals surface area contributed by atoms with Gasteiger partial charge >= 0.3 is 0 Å². The molecule has 0 amide bonds. The van der Waals surface area contributed by atoms with Gasteiger partial charge in [-0.25, -0.2) is 0 Å². The zero-order valence-corrected chi connectivity index (χ0v) is 8.50. The number of hydrogen-bond donors (Lipinski definition) is 3. The molecule has 0 unspecified atom stereocenters. The lowest BCUT2D eigenvalue weighted by atomic mass is 9.76. The van der Waals surface area contributed by atoms with Crippen molar-refractivity contribution in [3.63, 3.8) is 0 Å². The maximum Gasteiger partial charge on any atom is 0.118 e. The first kappa shape index (κ1) is 10.6. The van der Waals surface area contributed by atoms with Gasteiger partial charge in [-0.05, 0) is 24.8 Å². The van der Waals surface area contributed by atoms with Gasteiger partial charge in [0, 0.05) is 0 Å². The maximum absolute atomic E-state index is 10.4. The summed E-state index contributed by atoms with van der Waals surface area (Å²) in [7, 11) is 0. The number of aliphatic hydroxyl groups is 3. The highest BCUT2D eigenvalue weighted by Gasteiger charge is 2.43. The van der Waals surface area contributed by atoms with Crippen LogP contribution in [0.3, 0.4) is 0 Å². The first-order valence-electron chi connectivity index (χ1n) is 5.28. The molecule has 0 aromatic heterocycles. The average molecular weight is 208 g/mol. The smallest absolute Gasteiger partial charge is 0.118 e. The van der Waals surface area contributed by atoms with E-state index in [2.05, 4.69) is 0 Å². The Bertz CT molecular complexity index is 325. The van der Waals surface area contributed by atoms with Crippen molar-refractivity contribution in [1.82, 2.24) is 0 Å². The van der Waals surface area contributed by atoms with Gasteiger partial charge in [-0.15, -0.1) is 0 Å². The van der Waals surface area contributed by atoms with Crippen LogP contribution in [0.2, 0.25) is 0 Å². The molecule has 3 heteroatoms. The fraction of sp³-hybridized carbons (Fsp3) is 0.500. The van der Waals surface area contributed by atoms with Gasteiger partial charge in [-0.2, -0.15) is 0 Å². The predicted molar refractivity (Wildman–Crippen MR) is 56.2 cm³/mol. The van der Waals surface area contributed by atoms with E-state index in [9.17, 15) is 15.3 Å². The Kier molecular flexibility index (Phi) is 2.78. The molecule has 0 heterocycles. The second-order valence-corrected chi connectivity index (χ2v) is 4.19. The predicted octanol–water partition coefficient (Wildman–Crippen LogP) is 0.780. The first-order chi connectivity index (χ1) is 7.14. The molecule has 0 saturated heterocycles. The van der Waals surface area contributed by atoms with Crippen LogP contribution in [-0.2, 0) is 5.60 Å². The van der Waals surface area contributed by atoms with Crippen LogP contribution in [0.1, 0.15) is 24.8 Å². The van der Waals surface area contributed by atoms with Crippen LogP contribution < -0.4 is 0 Å². The molecule has 0 aliphatic heterocycles. The molecule has 1 aliphatic rings. The monoisotopic (exact) mass is 208 g/mol. The molecule has 1 aromatic rings. The highest BCUT2D eigenvalue weighted by atomic mass is 16.4. The van der Waals surface area contributed by atoms with E-state index in [0.29, 0.717) is 18.4 Å². The van der Waals surface area contributed by atoms with Crippen LogP contribution in [0.4, 0.5) is 0 Å². The van der Waals surface area contributed by atoms with Crippen molar-refractivity contribution in [2.24, 2.45) is 0 Å². The normalized spacial score (nSPS) is 36.5. The SMILES string of the molecule is O[C@@H]1CCC[C@](O)(c2ccccc2)[C@H]1O. The highest BCUT2D eigenvalue weighted by Crippen LogP contribution is 2.37. The molecule has 82 valence electrons. The Morgan fingerprint density at radius 3 is 2.47 bits per heavy atom. The van der Waals surface area contributed by atoms with Crippen molar-refractivity contribution in [2.45, 2.75) is 37.1 Å². The van der Waals surface area contributed by atoms with Crippen LogP contribution in [0.15, 0.2) is 30.3 Å². The van der Waals surface area contributed by atoms with Gasteiger partial charge in [0.05, 0.1) is 6.10 Å². The number of aliphatic hydroxyl groups excluding tert-OH is 2. The standard InChI is InChI=1S/C12H16O3/c13-10-7-4-8-12(15,11(10)14)9-5-2-1-3-6-9/h1-3,5-6,10-11,13-15H,4,7-8H2/t10-,11+,12+/m1/s1. The quantitative estimate of drug-likeness (QED) is 0.639. The molecule has 3 nitrogen and oxygen atoms in total. The minimum absolute atomic E-state index is 0.495. The van der Waals surface area contributed by atoms with Crippen molar-refractivity contribution >= 4 is 0 Å². The summed E-state index contributed by atoms with van der Waals surface area (Å²) in [5.41, 5.74) is -0.616. The molecule has 1 aliphatic carbocycles. The second kappa shape index (κ2) is 3.93. The number of benzene rings is 1.